The molecule has 13 nitrogen and oxygen atoms in total. The van der Waals surface area contributed by atoms with Crippen LogP contribution in [0.3, 0.4) is 0 Å². The topological polar surface area (TPSA) is 201 Å². The molecule has 0 saturated carbocycles. The second kappa shape index (κ2) is 8.58. The number of hydrazone groups is 1. The Hall–Kier alpha value is -3.08. The lowest BCUT2D eigenvalue weighted by Crippen LogP contribution is -2.32. The van der Waals surface area contributed by atoms with Gasteiger partial charge in [0, 0.05) is 0 Å². The Kier molecular flexibility index (Phi) is 6.25. The average molecular weight is 469 g/mol. The molecule has 1 heterocycles. The fourth-order valence-corrected chi connectivity index (χ4v) is 3.51. The predicted octanol–water partition coefficient (Wildman–Crippen LogP) is 0.925. The Morgan fingerprint density at radius 3 is 1.97 bits per heavy atom. The van der Waals surface area contributed by atoms with Gasteiger partial charge in [0.05, 0.1) is 21.2 Å². The summed E-state index contributed by atoms with van der Waals surface area (Å²) in [5.74, 6) is 4.44. The van der Waals surface area contributed by atoms with E-state index in [0.29, 0.717) is 0 Å². The highest BCUT2D eigenvalue weighted by Gasteiger charge is 2.37. The van der Waals surface area contributed by atoms with Gasteiger partial charge in [0.25, 0.3) is 26.1 Å². The summed E-state index contributed by atoms with van der Waals surface area (Å²) < 4.78 is 62.5. The Balaban J connectivity index is 1.85. The third kappa shape index (κ3) is 5.16. The monoisotopic (exact) mass is 469 g/mol. The quantitative estimate of drug-likeness (QED) is 0.299. The molecular weight excluding hydrogens is 454 g/mol. The molecule has 3 rings (SSSR count). The van der Waals surface area contributed by atoms with Gasteiger partial charge in [-0.1, -0.05) is 0 Å². The molecule has 15 heteroatoms. The van der Waals surface area contributed by atoms with Crippen LogP contribution in [0.15, 0.2) is 73.7 Å². The van der Waals surface area contributed by atoms with Crippen LogP contribution in [-0.4, -0.2) is 50.2 Å². The van der Waals surface area contributed by atoms with Crippen molar-refractivity contribution in [3.8, 4) is 0 Å². The summed E-state index contributed by atoms with van der Waals surface area (Å²) in [6.45, 7) is -0.253. The zero-order chi connectivity index (χ0) is 22.8. The van der Waals surface area contributed by atoms with Crippen molar-refractivity contribution in [3.63, 3.8) is 0 Å². The highest BCUT2D eigenvalue weighted by atomic mass is 32.2. The van der Waals surface area contributed by atoms with Crippen LogP contribution in [0, 0.1) is 0 Å². The third-order valence-corrected chi connectivity index (χ3v) is 5.76. The molecule has 31 heavy (non-hydrogen) atoms. The zero-order valence-electron chi connectivity index (χ0n) is 15.4. The SMILES string of the molecule is NOCC1=NN(c2ccc(S(=O)(=O)O)cc2)C(=O)C1N=Nc1ccc(S(=O)(=O)O)cc1. The number of carbonyl (C=O) groups excluding carboxylic acids is 1. The number of carbonyl (C=O) groups is 1. The minimum Gasteiger partial charge on any atom is -0.298 e. The van der Waals surface area contributed by atoms with Crippen molar-refractivity contribution in [2.75, 3.05) is 11.6 Å². The molecule has 1 aliphatic heterocycles. The van der Waals surface area contributed by atoms with Crippen LogP contribution < -0.4 is 10.9 Å². The largest absolute Gasteiger partial charge is 0.298 e. The van der Waals surface area contributed by atoms with Crippen LogP contribution in [0.4, 0.5) is 11.4 Å². The fraction of sp³-hybridized carbons (Fsp3) is 0.125. The number of nitrogens with zero attached hydrogens (tertiary/aromatic N) is 4. The standard InChI is InChI=1S/C16H15N5O8S2/c17-29-9-14-15(19-18-10-1-5-12(6-2-10)30(23,24)25)16(22)21(20-14)11-3-7-13(8-4-11)31(26,27)28/h1-8,15H,9,17H2,(H,23,24,25)(H,26,27,28). The van der Waals surface area contributed by atoms with E-state index in [1.807, 2.05) is 0 Å². The van der Waals surface area contributed by atoms with E-state index in [1.165, 1.54) is 24.3 Å². The number of azo groups is 1. The van der Waals surface area contributed by atoms with Crippen LogP contribution in [0.5, 0.6) is 0 Å². The maximum absolute atomic E-state index is 12.8. The Morgan fingerprint density at radius 1 is 0.968 bits per heavy atom. The van der Waals surface area contributed by atoms with Gasteiger partial charge in [0.2, 0.25) is 0 Å². The molecule has 0 radical (unpaired) electrons. The predicted molar refractivity (Wildman–Crippen MR) is 106 cm³/mol. The molecule has 164 valence electrons. The second-order valence-corrected chi connectivity index (χ2v) is 8.95. The lowest BCUT2D eigenvalue weighted by atomic mass is 10.2. The highest BCUT2D eigenvalue weighted by Crippen LogP contribution is 2.25. The van der Waals surface area contributed by atoms with Crippen LogP contribution >= 0.6 is 0 Å². The van der Waals surface area contributed by atoms with E-state index >= 15 is 0 Å². The number of hydrogen-bond acceptors (Lipinski definition) is 10. The first-order valence-corrected chi connectivity index (χ1v) is 11.2. The maximum Gasteiger partial charge on any atom is 0.294 e. The number of amides is 1. The summed E-state index contributed by atoms with van der Waals surface area (Å²) >= 11 is 0. The molecule has 1 amide bonds. The second-order valence-electron chi connectivity index (χ2n) is 6.11. The van der Waals surface area contributed by atoms with E-state index in [1.54, 1.807) is 0 Å². The summed E-state index contributed by atoms with van der Waals surface area (Å²) in [6, 6.07) is 8.28. The van der Waals surface area contributed by atoms with Gasteiger partial charge in [-0.3, -0.25) is 18.7 Å². The van der Waals surface area contributed by atoms with Crippen LogP contribution in [0.1, 0.15) is 0 Å². The van der Waals surface area contributed by atoms with E-state index in [2.05, 4.69) is 20.2 Å². The van der Waals surface area contributed by atoms with Crippen molar-refractivity contribution in [2.45, 2.75) is 15.8 Å². The fourth-order valence-electron chi connectivity index (χ4n) is 2.55. The van der Waals surface area contributed by atoms with Crippen LogP contribution in [0.2, 0.25) is 0 Å². The van der Waals surface area contributed by atoms with E-state index in [9.17, 15) is 21.6 Å². The molecule has 0 aliphatic carbocycles. The van der Waals surface area contributed by atoms with E-state index in [-0.39, 0.29) is 33.5 Å². The lowest BCUT2D eigenvalue weighted by molar-refractivity contribution is -0.117. The molecule has 2 aromatic carbocycles. The highest BCUT2D eigenvalue weighted by molar-refractivity contribution is 7.86. The van der Waals surface area contributed by atoms with E-state index < -0.39 is 32.2 Å². The van der Waals surface area contributed by atoms with E-state index in [0.717, 1.165) is 29.3 Å². The Morgan fingerprint density at radius 2 is 1.48 bits per heavy atom. The number of nitrogens with two attached hydrogens (primary N) is 1. The zero-order valence-corrected chi connectivity index (χ0v) is 17.1. The van der Waals surface area contributed by atoms with E-state index in [4.69, 9.17) is 15.0 Å². The summed E-state index contributed by atoms with van der Waals surface area (Å²) in [4.78, 5) is 16.6. The third-order valence-electron chi connectivity index (χ3n) is 4.02. The van der Waals surface area contributed by atoms with Crippen molar-refractivity contribution in [3.05, 3.63) is 48.5 Å². The minimum atomic E-state index is -4.40. The van der Waals surface area contributed by atoms with Gasteiger partial charge in [0.1, 0.15) is 12.3 Å². The van der Waals surface area contributed by atoms with Crippen molar-refractivity contribution in [1.82, 2.24) is 0 Å². The van der Waals surface area contributed by atoms with Gasteiger partial charge >= 0.3 is 0 Å². The number of benzene rings is 2. The van der Waals surface area contributed by atoms with Crippen molar-refractivity contribution < 1.29 is 35.6 Å². The molecule has 0 saturated heterocycles. The summed E-state index contributed by atoms with van der Waals surface area (Å²) in [6.07, 6.45) is 0. The first-order chi connectivity index (χ1) is 14.5. The molecule has 0 bridgehead atoms. The molecule has 2 aromatic rings. The first kappa shape index (κ1) is 22.6. The Labute approximate surface area is 176 Å². The van der Waals surface area contributed by atoms with Gasteiger partial charge in [-0.05, 0) is 48.5 Å². The Bertz CT molecular complexity index is 1260. The van der Waals surface area contributed by atoms with Gasteiger partial charge in [-0.15, -0.1) is 0 Å². The smallest absolute Gasteiger partial charge is 0.294 e. The van der Waals surface area contributed by atoms with Gasteiger partial charge in [-0.2, -0.15) is 37.2 Å². The molecule has 1 aliphatic rings. The van der Waals surface area contributed by atoms with Crippen LogP contribution in [0.25, 0.3) is 0 Å². The maximum atomic E-state index is 12.8. The molecular formula is C16H15N5O8S2. The first-order valence-electron chi connectivity index (χ1n) is 8.29. The molecule has 4 N–H and O–H groups in total. The van der Waals surface area contributed by atoms with Crippen molar-refractivity contribution >= 4 is 43.2 Å². The number of rotatable bonds is 7. The van der Waals surface area contributed by atoms with Crippen LogP contribution in [-0.2, 0) is 29.9 Å². The molecule has 0 fully saturated rings. The van der Waals surface area contributed by atoms with Crippen molar-refractivity contribution in [1.29, 1.82) is 0 Å². The van der Waals surface area contributed by atoms with Gasteiger partial charge < -0.3 is 0 Å². The number of anilines is 1. The average Bonchev–Trinajstić information content (AvgIpc) is 3.01. The molecule has 1 atom stereocenters. The minimum absolute atomic E-state index is 0.115. The molecule has 0 aromatic heterocycles. The molecule has 1 unspecified atom stereocenters. The molecule has 0 spiro atoms. The summed E-state index contributed by atoms with van der Waals surface area (Å²) in [5, 5.41) is 12.8. The van der Waals surface area contributed by atoms with Gasteiger partial charge in [0.15, 0.2) is 6.04 Å². The lowest BCUT2D eigenvalue weighted by Gasteiger charge is -2.12. The summed E-state index contributed by atoms with van der Waals surface area (Å²) in [5.41, 5.74) is 0.510. The normalized spacial score (nSPS) is 17.4. The van der Waals surface area contributed by atoms with Gasteiger partial charge in [-0.25, -0.2) is 5.90 Å². The van der Waals surface area contributed by atoms with Crippen molar-refractivity contribution in [2.24, 2.45) is 21.2 Å². The summed E-state index contributed by atoms with van der Waals surface area (Å²) in [7, 11) is -8.76. The number of hydrogen-bond donors (Lipinski definition) is 3.